The molecule has 0 unspecified atom stereocenters. The van der Waals surface area contributed by atoms with Gasteiger partial charge in [0.1, 0.15) is 6.73 Å². The van der Waals surface area contributed by atoms with Crippen LogP contribution in [-0.4, -0.2) is 36.8 Å². The molecule has 0 N–H and O–H groups in total. The molecule has 19 heavy (non-hydrogen) atoms. The van der Waals surface area contributed by atoms with Gasteiger partial charge in [0.25, 0.3) is 0 Å². The summed E-state index contributed by atoms with van der Waals surface area (Å²) >= 11 is 0. The van der Waals surface area contributed by atoms with Crippen LogP contribution in [0.1, 0.15) is 17.4 Å². The van der Waals surface area contributed by atoms with Gasteiger partial charge in [-0.25, -0.2) is 9.78 Å². The van der Waals surface area contributed by atoms with E-state index in [2.05, 4.69) is 24.6 Å². The topological polar surface area (TPSA) is 53.3 Å². The number of carbonyl (C=O) groups excluding carboxylic acids is 1. The molecular weight excluding hydrogens is 267 g/mol. The van der Waals surface area contributed by atoms with Crippen molar-refractivity contribution in [2.24, 2.45) is 0 Å². The first-order valence-electron chi connectivity index (χ1n) is 6.30. The molecule has 0 radical (unpaired) electrons. The number of carbonyl (C=O) groups is 1. The molecule has 1 heterocycles. The second-order valence-corrected chi connectivity index (χ2v) is 11.0. The van der Waals surface area contributed by atoms with Crippen LogP contribution in [-0.2, 0) is 16.2 Å². The van der Waals surface area contributed by atoms with E-state index < -0.39 is 20.0 Å². The summed E-state index contributed by atoms with van der Waals surface area (Å²) < 4.78 is 25.1. The number of imidazole rings is 1. The maximum Gasteiger partial charge on any atom is 0.361 e. The zero-order valence-electron chi connectivity index (χ0n) is 11.9. The number of rotatable bonds is 7. The van der Waals surface area contributed by atoms with Crippen LogP contribution >= 0.6 is 0 Å². The van der Waals surface area contributed by atoms with Gasteiger partial charge in [-0.05, 0) is 13.0 Å². The first kappa shape index (κ1) is 15.8. The Balaban J connectivity index is 2.50. The third-order valence-corrected chi connectivity index (χ3v) is 4.17. The van der Waals surface area contributed by atoms with Gasteiger partial charge in [-0.15, -0.1) is 0 Å². The number of nitrogens with zero attached hydrogens (tertiary/aromatic N) is 2. The van der Waals surface area contributed by atoms with Gasteiger partial charge in [-0.2, -0.15) is 4.39 Å². The maximum absolute atomic E-state index is 13.8. The average Bonchev–Trinajstić information content (AvgIpc) is 2.65. The van der Waals surface area contributed by atoms with Crippen LogP contribution < -0.4 is 0 Å². The van der Waals surface area contributed by atoms with E-state index in [1.54, 1.807) is 6.92 Å². The molecule has 0 saturated heterocycles. The number of hydrogen-bond donors (Lipinski definition) is 0. The quantitative estimate of drug-likeness (QED) is 0.439. The first-order valence-corrected chi connectivity index (χ1v) is 10.0. The average molecular weight is 288 g/mol. The van der Waals surface area contributed by atoms with Crippen molar-refractivity contribution < 1.29 is 18.7 Å². The van der Waals surface area contributed by atoms with Crippen molar-refractivity contribution in [2.75, 3.05) is 13.2 Å². The lowest BCUT2D eigenvalue weighted by Gasteiger charge is -2.15. The highest BCUT2D eigenvalue weighted by Gasteiger charge is 2.19. The number of halogens is 1. The molecule has 1 rings (SSSR count). The van der Waals surface area contributed by atoms with Crippen LogP contribution in [0, 0.1) is 5.95 Å². The number of esters is 1. The van der Waals surface area contributed by atoms with Gasteiger partial charge in [-0.3, -0.25) is 4.57 Å². The fraction of sp³-hybridized carbons (Fsp3) is 0.667. The second kappa shape index (κ2) is 6.81. The molecule has 1 aromatic rings. The molecule has 1 aromatic heterocycles. The minimum Gasteiger partial charge on any atom is -0.461 e. The van der Waals surface area contributed by atoms with Crippen molar-refractivity contribution >= 4 is 14.0 Å². The molecule has 7 heteroatoms. The van der Waals surface area contributed by atoms with Gasteiger partial charge < -0.3 is 9.47 Å². The Labute approximate surface area is 113 Å². The third kappa shape index (κ3) is 5.12. The number of aromatic nitrogens is 2. The van der Waals surface area contributed by atoms with Crippen LogP contribution in [0.15, 0.2) is 6.33 Å². The first-order chi connectivity index (χ1) is 8.85. The van der Waals surface area contributed by atoms with E-state index in [9.17, 15) is 9.18 Å². The zero-order chi connectivity index (χ0) is 14.5. The van der Waals surface area contributed by atoms with E-state index in [1.165, 1.54) is 6.33 Å². The van der Waals surface area contributed by atoms with Gasteiger partial charge in [0, 0.05) is 14.7 Å². The summed E-state index contributed by atoms with van der Waals surface area (Å²) in [6.45, 7) is 9.22. The lowest BCUT2D eigenvalue weighted by Crippen LogP contribution is -2.22. The fourth-order valence-corrected chi connectivity index (χ4v) is 2.09. The summed E-state index contributed by atoms with van der Waals surface area (Å²) in [6.07, 6.45) is 1.25. The van der Waals surface area contributed by atoms with Crippen LogP contribution in [0.4, 0.5) is 4.39 Å². The van der Waals surface area contributed by atoms with E-state index in [0.717, 1.165) is 10.6 Å². The number of hydrogen-bond acceptors (Lipinski definition) is 4. The summed E-state index contributed by atoms with van der Waals surface area (Å²) in [5.74, 6) is -1.47. The second-order valence-electron chi connectivity index (χ2n) is 5.42. The molecule has 0 aliphatic rings. The van der Waals surface area contributed by atoms with Crippen LogP contribution in [0.25, 0.3) is 0 Å². The van der Waals surface area contributed by atoms with E-state index >= 15 is 0 Å². The molecule has 0 atom stereocenters. The lowest BCUT2D eigenvalue weighted by atomic mass is 10.5. The van der Waals surface area contributed by atoms with E-state index in [4.69, 9.17) is 9.47 Å². The highest BCUT2D eigenvalue weighted by molar-refractivity contribution is 6.76. The molecule has 5 nitrogen and oxygen atoms in total. The van der Waals surface area contributed by atoms with Gasteiger partial charge >= 0.3 is 5.97 Å². The van der Waals surface area contributed by atoms with Gasteiger partial charge in [-0.1, -0.05) is 19.6 Å². The van der Waals surface area contributed by atoms with E-state index in [0.29, 0.717) is 6.61 Å². The van der Waals surface area contributed by atoms with Crippen LogP contribution in [0.3, 0.4) is 0 Å². The van der Waals surface area contributed by atoms with Crippen molar-refractivity contribution in [1.82, 2.24) is 9.55 Å². The maximum atomic E-state index is 13.8. The monoisotopic (exact) mass is 288 g/mol. The van der Waals surface area contributed by atoms with Crippen molar-refractivity contribution in [3.63, 3.8) is 0 Å². The molecule has 0 aliphatic carbocycles. The molecule has 0 amide bonds. The van der Waals surface area contributed by atoms with Crippen LogP contribution in [0.2, 0.25) is 25.7 Å². The van der Waals surface area contributed by atoms with Crippen molar-refractivity contribution in [3.05, 3.63) is 18.0 Å². The molecule has 0 spiro atoms. The molecule has 0 fully saturated rings. The highest BCUT2D eigenvalue weighted by Crippen LogP contribution is 2.10. The van der Waals surface area contributed by atoms with E-state index in [1.807, 2.05) is 0 Å². The minimum absolute atomic E-state index is 0.0583. The smallest absolute Gasteiger partial charge is 0.361 e. The Morgan fingerprint density at radius 1 is 1.47 bits per heavy atom. The highest BCUT2D eigenvalue weighted by atomic mass is 28.3. The normalized spacial score (nSPS) is 11.6. The standard InChI is InChI=1S/C12H21FN2O3Si/c1-5-18-12(16)10-11(13)15(8-14-10)9-17-6-7-19(2,3)4/h8H,5-7,9H2,1-4H3. The van der Waals surface area contributed by atoms with Gasteiger partial charge in [0.2, 0.25) is 11.6 Å². The molecular formula is C12H21FN2O3Si. The molecule has 0 aliphatic heterocycles. The SMILES string of the molecule is CCOC(=O)c1ncn(COCC[Si](C)(C)C)c1F. The predicted molar refractivity (Wildman–Crippen MR) is 72.2 cm³/mol. The van der Waals surface area contributed by atoms with Crippen molar-refractivity contribution in [2.45, 2.75) is 39.3 Å². The number of ether oxygens (including phenoxy) is 2. The summed E-state index contributed by atoms with van der Waals surface area (Å²) in [7, 11) is -1.15. The zero-order valence-corrected chi connectivity index (χ0v) is 12.9. The van der Waals surface area contributed by atoms with Crippen LogP contribution in [0.5, 0.6) is 0 Å². The Hall–Kier alpha value is -1.21. The molecule has 0 saturated carbocycles. The summed E-state index contributed by atoms with van der Waals surface area (Å²) in [4.78, 5) is 15.1. The predicted octanol–water partition coefficient (Wildman–Crippen LogP) is 2.51. The Bertz CT molecular complexity index is 429. The summed E-state index contributed by atoms with van der Waals surface area (Å²) in [5, 5.41) is 0. The Morgan fingerprint density at radius 2 is 2.16 bits per heavy atom. The lowest BCUT2D eigenvalue weighted by molar-refractivity contribution is 0.0509. The summed E-state index contributed by atoms with van der Waals surface area (Å²) in [5.41, 5.74) is -0.296. The third-order valence-electron chi connectivity index (χ3n) is 2.47. The minimum atomic E-state index is -1.15. The fourth-order valence-electron chi connectivity index (χ4n) is 1.34. The molecule has 0 aromatic carbocycles. The Kier molecular flexibility index (Phi) is 5.68. The molecule has 108 valence electrons. The van der Waals surface area contributed by atoms with Gasteiger partial charge in [0.15, 0.2) is 0 Å². The van der Waals surface area contributed by atoms with Crippen molar-refractivity contribution in [3.8, 4) is 0 Å². The molecule has 0 bridgehead atoms. The summed E-state index contributed by atoms with van der Waals surface area (Å²) in [6, 6.07) is 1.01. The van der Waals surface area contributed by atoms with Gasteiger partial charge in [0.05, 0.1) is 12.9 Å². The van der Waals surface area contributed by atoms with Crippen molar-refractivity contribution in [1.29, 1.82) is 0 Å². The Morgan fingerprint density at radius 3 is 2.74 bits per heavy atom. The largest absolute Gasteiger partial charge is 0.461 e. The van der Waals surface area contributed by atoms with E-state index in [-0.39, 0.29) is 19.0 Å².